The summed E-state index contributed by atoms with van der Waals surface area (Å²) in [6.45, 7) is 7.95. The minimum Gasteiger partial charge on any atom is -0.356 e. The molecule has 3 fully saturated rings. The number of nitrogens with one attached hydrogen (secondary N) is 1. The molecule has 27 heavy (non-hydrogen) atoms. The molecule has 0 radical (unpaired) electrons. The summed E-state index contributed by atoms with van der Waals surface area (Å²) >= 11 is 0. The highest BCUT2D eigenvalue weighted by Crippen LogP contribution is 2.33. The van der Waals surface area contributed by atoms with Crippen LogP contribution in [0.25, 0.3) is 0 Å². The van der Waals surface area contributed by atoms with Crippen molar-refractivity contribution in [2.75, 3.05) is 56.1 Å². The number of hydrogen-bond acceptors (Lipinski definition) is 6. The average Bonchev–Trinajstić information content (AvgIpc) is 3.16. The van der Waals surface area contributed by atoms with Crippen LogP contribution in [-0.2, 0) is 11.2 Å². The van der Waals surface area contributed by atoms with Crippen molar-refractivity contribution in [1.82, 2.24) is 20.2 Å². The number of carbonyl (C=O) groups excluding carboxylic acids is 1. The van der Waals surface area contributed by atoms with Crippen molar-refractivity contribution >= 4 is 17.7 Å². The van der Waals surface area contributed by atoms with Gasteiger partial charge in [-0.3, -0.25) is 9.69 Å². The molecule has 1 aromatic heterocycles. The van der Waals surface area contributed by atoms with Crippen molar-refractivity contribution in [2.45, 2.75) is 51.0 Å². The van der Waals surface area contributed by atoms with Gasteiger partial charge in [-0.25, -0.2) is 4.98 Å². The van der Waals surface area contributed by atoms with Crippen molar-refractivity contribution in [3.63, 3.8) is 0 Å². The smallest absolute Gasteiger partial charge is 0.227 e. The molecule has 1 aromatic rings. The Balaban J connectivity index is 1.60. The number of hydrogen-bond donors (Lipinski definition) is 1. The fourth-order valence-electron chi connectivity index (χ4n) is 4.66. The van der Waals surface area contributed by atoms with Crippen molar-refractivity contribution in [3.8, 4) is 0 Å². The van der Waals surface area contributed by atoms with Crippen LogP contribution in [-0.4, -0.2) is 72.6 Å². The second-order valence-electron chi connectivity index (χ2n) is 8.23. The molecular formula is C20H32N6O. The first-order valence-electron chi connectivity index (χ1n) is 10.5. The first-order valence-corrected chi connectivity index (χ1v) is 10.5. The van der Waals surface area contributed by atoms with E-state index in [1.807, 2.05) is 0 Å². The van der Waals surface area contributed by atoms with Crippen LogP contribution in [0, 0.1) is 0 Å². The molecule has 3 aliphatic heterocycles. The number of carbonyl (C=O) groups is 1. The summed E-state index contributed by atoms with van der Waals surface area (Å²) in [6.07, 6.45) is 5.91. The van der Waals surface area contributed by atoms with Crippen LogP contribution in [0.3, 0.4) is 0 Å². The lowest BCUT2D eigenvalue weighted by molar-refractivity contribution is -0.120. The standard InChI is InChI=1S/C20H32N6O/c1-3-16-14-17(23-19(22-16)25-10-4-5-11-25)26-13-12-24(2)20(15-26)7-6-18(27)21-9-8-20/h14H,3-13,15H2,1-2H3,(H,21,27)/t20-/m0/s1. The van der Waals surface area contributed by atoms with Crippen LogP contribution in [0.1, 0.15) is 44.7 Å². The number of rotatable bonds is 3. The molecule has 0 aromatic carbocycles. The largest absolute Gasteiger partial charge is 0.356 e. The van der Waals surface area contributed by atoms with Gasteiger partial charge in [-0.05, 0) is 39.2 Å². The number of aromatic nitrogens is 2. The van der Waals surface area contributed by atoms with Crippen LogP contribution in [0.5, 0.6) is 0 Å². The van der Waals surface area contributed by atoms with E-state index in [9.17, 15) is 4.79 Å². The summed E-state index contributed by atoms with van der Waals surface area (Å²) in [7, 11) is 2.21. The summed E-state index contributed by atoms with van der Waals surface area (Å²) < 4.78 is 0. The molecule has 0 aliphatic carbocycles. The zero-order valence-corrected chi connectivity index (χ0v) is 16.7. The fraction of sp³-hybridized carbons (Fsp3) is 0.750. The van der Waals surface area contributed by atoms with Gasteiger partial charge in [0.2, 0.25) is 11.9 Å². The molecule has 3 aliphatic rings. The number of amides is 1. The fourth-order valence-corrected chi connectivity index (χ4v) is 4.66. The zero-order valence-electron chi connectivity index (χ0n) is 16.7. The molecule has 148 valence electrons. The Morgan fingerprint density at radius 2 is 1.93 bits per heavy atom. The number of aryl methyl sites for hydroxylation is 1. The maximum Gasteiger partial charge on any atom is 0.227 e. The molecule has 0 saturated carbocycles. The predicted molar refractivity (Wildman–Crippen MR) is 107 cm³/mol. The van der Waals surface area contributed by atoms with Gasteiger partial charge in [0, 0.05) is 63.0 Å². The molecule has 7 nitrogen and oxygen atoms in total. The molecule has 0 unspecified atom stereocenters. The van der Waals surface area contributed by atoms with Crippen molar-refractivity contribution in [3.05, 3.63) is 11.8 Å². The Bertz CT molecular complexity index is 689. The second-order valence-corrected chi connectivity index (χ2v) is 8.23. The van der Waals surface area contributed by atoms with Crippen molar-refractivity contribution in [2.24, 2.45) is 0 Å². The number of piperazine rings is 1. The lowest BCUT2D eigenvalue weighted by Crippen LogP contribution is -2.61. The Labute approximate surface area is 162 Å². The van der Waals surface area contributed by atoms with E-state index in [-0.39, 0.29) is 11.4 Å². The van der Waals surface area contributed by atoms with Gasteiger partial charge in [0.15, 0.2) is 0 Å². The van der Waals surface area contributed by atoms with Crippen molar-refractivity contribution in [1.29, 1.82) is 0 Å². The lowest BCUT2D eigenvalue weighted by atomic mass is 9.86. The van der Waals surface area contributed by atoms with E-state index in [1.54, 1.807) is 0 Å². The third-order valence-corrected chi connectivity index (χ3v) is 6.56. The highest BCUT2D eigenvalue weighted by Gasteiger charge is 2.41. The normalized spacial score (nSPS) is 27.1. The third-order valence-electron chi connectivity index (χ3n) is 6.56. The molecule has 3 saturated heterocycles. The Morgan fingerprint density at radius 1 is 1.11 bits per heavy atom. The Hall–Kier alpha value is -1.89. The highest BCUT2D eigenvalue weighted by molar-refractivity contribution is 5.76. The quantitative estimate of drug-likeness (QED) is 0.866. The first-order chi connectivity index (χ1) is 13.1. The summed E-state index contributed by atoms with van der Waals surface area (Å²) in [5.41, 5.74) is 1.16. The van der Waals surface area contributed by atoms with E-state index >= 15 is 0 Å². The first kappa shape index (κ1) is 18.5. The van der Waals surface area contributed by atoms with E-state index in [0.29, 0.717) is 6.42 Å². The summed E-state index contributed by atoms with van der Waals surface area (Å²) in [4.78, 5) is 28.9. The van der Waals surface area contributed by atoms with Gasteiger partial charge >= 0.3 is 0 Å². The van der Waals surface area contributed by atoms with Crippen LogP contribution in [0.15, 0.2) is 6.07 Å². The number of likely N-dealkylation sites (N-methyl/N-ethyl adjacent to an activating group) is 1. The molecule has 4 heterocycles. The van der Waals surface area contributed by atoms with Gasteiger partial charge in [0.25, 0.3) is 0 Å². The zero-order chi connectivity index (χ0) is 18.9. The average molecular weight is 373 g/mol. The van der Waals surface area contributed by atoms with Crippen LogP contribution in [0.2, 0.25) is 0 Å². The van der Waals surface area contributed by atoms with Gasteiger partial charge in [0.1, 0.15) is 5.82 Å². The molecule has 0 bridgehead atoms. The van der Waals surface area contributed by atoms with Crippen molar-refractivity contribution < 1.29 is 4.79 Å². The van der Waals surface area contributed by atoms with E-state index in [2.05, 4.69) is 40.1 Å². The number of anilines is 2. The van der Waals surface area contributed by atoms with E-state index in [1.165, 1.54) is 12.8 Å². The number of nitrogens with zero attached hydrogens (tertiary/aromatic N) is 5. The maximum atomic E-state index is 11.9. The van der Waals surface area contributed by atoms with Gasteiger partial charge in [0.05, 0.1) is 0 Å². The maximum absolute atomic E-state index is 11.9. The lowest BCUT2D eigenvalue weighted by Gasteiger charge is -2.49. The SMILES string of the molecule is CCc1cc(N2CCN(C)[C@@]3(CCNC(=O)CC3)C2)nc(N2CCCC2)n1. The summed E-state index contributed by atoms with van der Waals surface area (Å²) in [5, 5.41) is 3.04. The minimum absolute atomic E-state index is 0.0442. The van der Waals surface area contributed by atoms with E-state index in [4.69, 9.17) is 9.97 Å². The Kier molecular flexibility index (Phi) is 5.21. The van der Waals surface area contributed by atoms with E-state index in [0.717, 1.165) is 76.0 Å². The topological polar surface area (TPSA) is 64.6 Å². The predicted octanol–water partition coefficient (Wildman–Crippen LogP) is 1.43. The molecule has 1 amide bonds. The van der Waals surface area contributed by atoms with Gasteiger partial charge < -0.3 is 15.1 Å². The van der Waals surface area contributed by atoms with Gasteiger partial charge in [-0.1, -0.05) is 6.92 Å². The third kappa shape index (κ3) is 3.74. The monoisotopic (exact) mass is 372 g/mol. The molecule has 1 spiro atoms. The molecule has 1 atom stereocenters. The minimum atomic E-state index is 0.0442. The molecule has 4 rings (SSSR count). The summed E-state index contributed by atoms with van der Waals surface area (Å²) in [6, 6.07) is 2.17. The second kappa shape index (κ2) is 7.62. The summed E-state index contributed by atoms with van der Waals surface area (Å²) in [5.74, 6) is 2.14. The van der Waals surface area contributed by atoms with Crippen LogP contribution >= 0.6 is 0 Å². The van der Waals surface area contributed by atoms with Crippen LogP contribution in [0.4, 0.5) is 11.8 Å². The van der Waals surface area contributed by atoms with Gasteiger partial charge in [-0.15, -0.1) is 0 Å². The molecular weight excluding hydrogens is 340 g/mol. The van der Waals surface area contributed by atoms with Gasteiger partial charge in [-0.2, -0.15) is 4.98 Å². The van der Waals surface area contributed by atoms with E-state index < -0.39 is 0 Å². The Morgan fingerprint density at radius 3 is 2.70 bits per heavy atom. The van der Waals surface area contributed by atoms with Crippen LogP contribution < -0.4 is 15.1 Å². The molecule has 7 heteroatoms. The molecule has 1 N–H and O–H groups in total. The highest BCUT2D eigenvalue weighted by atomic mass is 16.1.